The first kappa shape index (κ1) is 24.5. The number of nitrogens with one attached hydrogen (secondary N) is 1. The van der Waals surface area contributed by atoms with Crippen LogP contribution in [0.25, 0.3) is 0 Å². The third-order valence-electron chi connectivity index (χ3n) is 6.53. The second-order valence-corrected chi connectivity index (χ2v) is 10.4. The van der Waals surface area contributed by atoms with Crippen molar-refractivity contribution in [1.29, 1.82) is 5.26 Å². The van der Waals surface area contributed by atoms with Crippen LogP contribution < -0.4 is 11.2 Å². The largest absolute Gasteiger partial charge is 0.383 e. The maximum Gasteiger partial charge on any atom is 0.273 e. The summed E-state index contributed by atoms with van der Waals surface area (Å²) in [6, 6.07) is 13.3. The van der Waals surface area contributed by atoms with Crippen molar-refractivity contribution in [2.75, 3.05) is 0 Å². The van der Waals surface area contributed by atoms with E-state index in [1.165, 1.54) is 11.2 Å². The molecule has 0 spiro atoms. The number of allylic oxidation sites excluding steroid dienone is 3. The lowest BCUT2D eigenvalue weighted by molar-refractivity contribution is -0.118. The highest BCUT2D eigenvalue weighted by molar-refractivity contribution is 6.32. The van der Waals surface area contributed by atoms with Crippen molar-refractivity contribution in [3.8, 4) is 6.07 Å². The summed E-state index contributed by atoms with van der Waals surface area (Å²) in [5.74, 6) is -0.764. The van der Waals surface area contributed by atoms with Gasteiger partial charge in [0.15, 0.2) is 5.78 Å². The first-order valence-corrected chi connectivity index (χ1v) is 11.9. The van der Waals surface area contributed by atoms with Crippen LogP contribution in [0.5, 0.6) is 0 Å². The number of carbonyl (C=O) groups is 2. The molecule has 1 aliphatic carbocycles. The molecule has 1 atom stereocenters. The number of ketones is 1. The standard InChI is InChI=1S/C27H28ClN5O2/c1-15(2)16-7-9-17(10-8-16)22-19(14-29)25(30)33(20-12-27(3,4)13-21(34)23(20)22)32-26(35)18-6-5-11-31-24(18)28/h5-11,15,22H,12-13,30H2,1-4H3,(H,32,35). The van der Waals surface area contributed by atoms with Gasteiger partial charge in [0.05, 0.1) is 28.8 Å². The fourth-order valence-electron chi connectivity index (χ4n) is 4.76. The number of hydrazine groups is 1. The van der Waals surface area contributed by atoms with E-state index in [0.29, 0.717) is 30.0 Å². The van der Waals surface area contributed by atoms with E-state index in [2.05, 4.69) is 30.3 Å². The molecule has 0 bridgehead atoms. The molecule has 2 aliphatic rings. The minimum atomic E-state index is -0.602. The van der Waals surface area contributed by atoms with E-state index in [1.807, 2.05) is 38.1 Å². The number of nitrogens with two attached hydrogens (primary N) is 1. The van der Waals surface area contributed by atoms with Gasteiger partial charge in [0.1, 0.15) is 11.0 Å². The number of hydrogen-bond donors (Lipinski definition) is 2. The Morgan fingerprint density at radius 2 is 1.94 bits per heavy atom. The number of rotatable bonds is 4. The lowest BCUT2D eigenvalue weighted by atomic mass is 9.69. The number of hydrogen-bond acceptors (Lipinski definition) is 6. The zero-order valence-electron chi connectivity index (χ0n) is 20.2. The van der Waals surface area contributed by atoms with Gasteiger partial charge in [-0.05, 0) is 41.0 Å². The number of halogens is 1. The zero-order valence-corrected chi connectivity index (χ0v) is 21.0. The quantitative estimate of drug-likeness (QED) is 0.588. The molecule has 180 valence electrons. The highest BCUT2D eigenvalue weighted by atomic mass is 35.5. The third kappa shape index (κ3) is 4.54. The summed E-state index contributed by atoms with van der Waals surface area (Å²) in [6.07, 6.45) is 2.32. The summed E-state index contributed by atoms with van der Waals surface area (Å²) >= 11 is 6.12. The first-order chi connectivity index (χ1) is 16.5. The average molecular weight is 490 g/mol. The first-order valence-electron chi connectivity index (χ1n) is 11.5. The van der Waals surface area contributed by atoms with Gasteiger partial charge in [-0.25, -0.2) is 9.99 Å². The van der Waals surface area contributed by atoms with Crippen LogP contribution in [0.2, 0.25) is 5.15 Å². The Bertz CT molecular complexity index is 1300. The molecule has 2 heterocycles. The molecule has 0 fully saturated rings. The second-order valence-electron chi connectivity index (χ2n) is 10.1. The summed E-state index contributed by atoms with van der Waals surface area (Å²) in [7, 11) is 0. The minimum absolute atomic E-state index is 0.0439. The molecule has 35 heavy (non-hydrogen) atoms. The number of nitrogens with zero attached hydrogens (tertiary/aromatic N) is 3. The van der Waals surface area contributed by atoms with Crippen molar-refractivity contribution in [2.24, 2.45) is 11.1 Å². The number of aromatic nitrogens is 1. The smallest absolute Gasteiger partial charge is 0.273 e. The van der Waals surface area contributed by atoms with Crippen LogP contribution in [0.1, 0.15) is 73.9 Å². The van der Waals surface area contributed by atoms with Gasteiger partial charge < -0.3 is 5.73 Å². The van der Waals surface area contributed by atoms with Crippen molar-refractivity contribution >= 4 is 23.3 Å². The normalized spacial score (nSPS) is 19.5. The van der Waals surface area contributed by atoms with Crippen LogP contribution in [-0.2, 0) is 4.79 Å². The third-order valence-corrected chi connectivity index (χ3v) is 6.84. The zero-order chi connectivity index (χ0) is 25.5. The Morgan fingerprint density at radius 3 is 2.54 bits per heavy atom. The second kappa shape index (κ2) is 9.20. The predicted molar refractivity (Wildman–Crippen MR) is 134 cm³/mol. The molecule has 1 aliphatic heterocycles. The number of nitriles is 1. The molecule has 3 N–H and O–H groups in total. The lowest BCUT2D eigenvalue weighted by Gasteiger charge is -2.43. The summed E-state index contributed by atoms with van der Waals surface area (Å²) < 4.78 is 0. The molecular formula is C27H28ClN5O2. The number of pyridine rings is 1. The van der Waals surface area contributed by atoms with E-state index in [-0.39, 0.29) is 33.3 Å². The number of amides is 1. The molecule has 7 nitrogen and oxygen atoms in total. The lowest BCUT2D eigenvalue weighted by Crippen LogP contribution is -2.50. The topological polar surface area (TPSA) is 112 Å². The van der Waals surface area contributed by atoms with Gasteiger partial charge >= 0.3 is 0 Å². The molecule has 0 saturated heterocycles. The predicted octanol–water partition coefficient (Wildman–Crippen LogP) is 4.94. The Balaban J connectivity index is 1.85. The summed E-state index contributed by atoms with van der Waals surface area (Å²) in [5.41, 5.74) is 12.4. The van der Waals surface area contributed by atoms with Gasteiger partial charge in [-0.1, -0.05) is 63.6 Å². The fourth-order valence-corrected chi connectivity index (χ4v) is 4.97. The Kier molecular flexibility index (Phi) is 6.44. The summed E-state index contributed by atoms with van der Waals surface area (Å²) in [6.45, 7) is 8.21. The van der Waals surface area contributed by atoms with Crippen LogP contribution in [0.4, 0.5) is 0 Å². The van der Waals surface area contributed by atoms with Crippen LogP contribution in [0.15, 0.2) is 65.3 Å². The van der Waals surface area contributed by atoms with Crippen molar-refractivity contribution in [1.82, 2.24) is 15.4 Å². The average Bonchev–Trinajstić information content (AvgIpc) is 2.80. The van der Waals surface area contributed by atoms with Crippen molar-refractivity contribution < 1.29 is 9.59 Å². The molecule has 1 unspecified atom stereocenters. The van der Waals surface area contributed by atoms with Crippen LogP contribution in [-0.4, -0.2) is 21.7 Å². The van der Waals surface area contributed by atoms with Crippen molar-refractivity contribution in [2.45, 2.75) is 52.4 Å². The SMILES string of the molecule is CC(C)c1ccc(C2C(C#N)=C(N)N(NC(=O)c3cccnc3Cl)C3=C2C(=O)CC(C)(C)C3)cc1. The van der Waals surface area contributed by atoms with Crippen molar-refractivity contribution in [3.05, 3.63) is 87.1 Å². The van der Waals surface area contributed by atoms with Gasteiger partial charge in [-0.15, -0.1) is 0 Å². The van der Waals surface area contributed by atoms with E-state index in [0.717, 1.165) is 11.1 Å². The van der Waals surface area contributed by atoms with Crippen LogP contribution in [0, 0.1) is 16.7 Å². The highest BCUT2D eigenvalue weighted by Gasteiger charge is 2.45. The molecule has 8 heteroatoms. The Morgan fingerprint density at radius 1 is 1.26 bits per heavy atom. The van der Waals surface area contributed by atoms with Gasteiger partial charge in [0, 0.05) is 18.2 Å². The van der Waals surface area contributed by atoms with E-state index in [4.69, 9.17) is 17.3 Å². The number of Topliss-reactive ketones (excluding diaryl/α,β-unsaturated/α-hetero) is 1. The minimum Gasteiger partial charge on any atom is -0.383 e. The number of carbonyl (C=O) groups excluding carboxylic acids is 2. The highest BCUT2D eigenvalue weighted by Crippen LogP contribution is 2.48. The molecular weight excluding hydrogens is 462 g/mol. The van der Waals surface area contributed by atoms with E-state index < -0.39 is 11.8 Å². The maximum absolute atomic E-state index is 13.5. The van der Waals surface area contributed by atoms with Crippen molar-refractivity contribution in [3.63, 3.8) is 0 Å². The van der Waals surface area contributed by atoms with Gasteiger partial charge in [-0.3, -0.25) is 15.0 Å². The summed E-state index contributed by atoms with van der Waals surface area (Å²) in [5, 5.41) is 11.6. The Hall–Kier alpha value is -3.63. The molecule has 2 aromatic rings. The Labute approximate surface area is 210 Å². The van der Waals surface area contributed by atoms with Crippen LogP contribution >= 0.6 is 11.6 Å². The van der Waals surface area contributed by atoms with E-state index in [1.54, 1.807) is 12.1 Å². The molecule has 4 rings (SSSR count). The summed E-state index contributed by atoms with van der Waals surface area (Å²) in [4.78, 5) is 30.6. The number of benzene rings is 1. The fraction of sp³-hybridized carbons (Fsp3) is 0.333. The van der Waals surface area contributed by atoms with Crippen LogP contribution in [0.3, 0.4) is 0 Å². The van der Waals surface area contributed by atoms with Gasteiger partial charge in [-0.2, -0.15) is 5.26 Å². The molecule has 1 aromatic heterocycles. The monoisotopic (exact) mass is 489 g/mol. The molecule has 0 saturated carbocycles. The van der Waals surface area contributed by atoms with E-state index in [9.17, 15) is 14.9 Å². The maximum atomic E-state index is 13.5. The van der Waals surface area contributed by atoms with Gasteiger partial charge in [0.2, 0.25) is 0 Å². The molecule has 1 aromatic carbocycles. The van der Waals surface area contributed by atoms with E-state index >= 15 is 0 Å². The molecule has 1 amide bonds. The molecule has 0 radical (unpaired) electrons. The van der Waals surface area contributed by atoms with Gasteiger partial charge in [0.25, 0.3) is 5.91 Å².